The number of alkyl halides is 2. The van der Waals surface area contributed by atoms with Gasteiger partial charge in [-0.1, -0.05) is 11.6 Å². The third-order valence-electron chi connectivity index (χ3n) is 6.52. The van der Waals surface area contributed by atoms with Crippen LogP contribution < -0.4 is 9.64 Å². The van der Waals surface area contributed by atoms with Gasteiger partial charge in [-0.2, -0.15) is 13.8 Å². The zero-order valence-corrected chi connectivity index (χ0v) is 22.4. The van der Waals surface area contributed by atoms with Crippen LogP contribution in [0.25, 0.3) is 22.4 Å². The lowest BCUT2D eigenvalue weighted by Gasteiger charge is -2.55. The fourth-order valence-electron chi connectivity index (χ4n) is 4.57. The Bertz CT molecular complexity index is 1350. The molecular weight excluding hydrogens is 522 g/mol. The molecule has 2 aromatic heterocycles. The molecule has 1 amide bonds. The predicted octanol–water partition coefficient (Wildman–Crippen LogP) is 5.48. The molecule has 3 aliphatic heterocycles. The molecule has 6 rings (SSSR count). The number of carbonyl (C=O) groups excluding carboxylic acids is 1. The van der Waals surface area contributed by atoms with Crippen LogP contribution in [0.1, 0.15) is 41.0 Å². The number of pyridine rings is 1. The molecule has 2 unspecified atom stereocenters. The molecule has 0 aliphatic carbocycles. The summed E-state index contributed by atoms with van der Waals surface area (Å²) >= 11 is 5.98. The first kappa shape index (κ1) is 26.4. The lowest BCUT2D eigenvalue weighted by Crippen LogP contribution is -2.70. The number of aromatic nitrogens is 2. The number of ether oxygens (including phenoxy) is 2. The molecule has 9 nitrogen and oxygen atoms in total. The third kappa shape index (κ3) is 4.84. The standard InChI is InChI=1S/C26H29ClF2N4O5/c1-24(2,3)38-23(34)33-15-10-16(33)13-32(12-15)22-31-20-19(37-26(28,29)25(4,5)35)9-7-17(21(20)36-22)18-8-6-14(27)11-30-18/h6-9,11,15-16,35H,10,12-13H2,1-5H3. The summed E-state index contributed by atoms with van der Waals surface area (Å²) in [7, 11) is 0. The Morgan fingerprint density at radius 3 is 2.39 bits per heavy atom. The fraction of sp³-hybridized carbons (Fsp3) is 0.500. The number of benzene rings is 1. The van der Waals surface area contributed by atoms with E-state index in [9.17, 15) is 18.7 Å². The Hall–Kier alpha value is -3.18. The van der Waals surface area contributed by atoms with Crippen LogP contribution in [0.4, 0.5) is 19.6 Å². The molecule has 3 aliphatic rings. The van der Waals surface area contributed by atoms with Crippen LogP contribution in [-0.2, 0) is 4.74 Å². The lowest BCUT2D eigenvalue weighted by atomic mass is 9.88. The molecule has 12 heteroatoms. The van der Waals surface area contributed by atoms with Crippen molar-refractivity contribution in [1.82, 2.24) is 14.9 Å². The van der Waals surface area contributed by atoms with Crippen LogP contribution in [0.3, 0.4) is 0 Å². The average molecular weight is 551 g/mol. The van der Waals surface area contributed by atoms with Crippen LogP contribution in [0.5, 0.6) is 5.75 Å². The Kier molecular flexibility index (Phi) is 6.22. The number of piperidine rings is 1. The highest BCUT2D eigenvalue weighted by Gasteiger charge is 2.51. The summed E-state index contributed by atoms with van der Waals surface area (Å²) in [5.74, 6) is -0.252. The molecule has 204 valence electrons. The highest BCUT2D eigenvalue weighted by atomic mass is 35.5. The molecule has 1 aromatic carbocycles. The maximum atomic E-state index is 14.6. The van der Waals surface area contributed by atoms with Crippen molar-refractivity contribution in [2.75, 3.05) is 18.0 Å². The topological polar surface area (TPSA) is 101 Å². The second-order valence-electron chi connectivity index (χ2n) is 11.2. The van der Waals surface area contributed by atoms with E-state index in [1.807, 2.05) is 25.7 Å². The number of hydrogen-bond acceptors (Lipinski definition) is 8. The smallest absolute Gasteiger partial charge is 0.426 e. The summed E-state index contributed by atoms with van der Waals surface area (Å²) in [5.41, 5.74) is -1.79. The van der Waals surface area contributed by atoms with Gasteiger partial charge in [0, 0.05) is 24.8 Å². The molecule has 5 heterocycles. The van der Waals surface area contributed by atoms with Gasteiger partial charge in [0.15, 0.2) is 22.5 Å². The molecule has 0 saturated carbocycles. The Morgan fingerprint density at radius 2 is 1.82 bits per heavy atom. The van der Waals surface area contributed by atoms with E-state index in [2.05, 4.69) is 9.97 Å². The van der Waals surface area contributed by atoms with Gasteiger partial charge < -0.3 is 23.9 Å². The summed E-state index contributed by atoms with van der Waals surface area (Å²) in [6, 6.07) is 6.25. The van der Waals surface area contributed by atoms with Gasteiger partial charge in [0.05, 0.1) is 22.8 Å². The Labute approximate surface area is 223 Å². The molecule has 2 bridgehead atoms. The van der Waals surface area contributed by atoms with Crippen molar-refractivity contribution in [1.29, 1.82) is 0 Å². The Morgan fingerprint density at radius 1 is 1.13 bits per heavy atom. The summed E-state index contributed by atoms with van der Waals surface area (Å²) in [6.07, 6.45) is -1.98. The maximum absolute atomic E-state index is 14.6. The van der Waals surface area contributed by atoms with Gasteiger partial charge in [-0.25, -0.2) is 4.79 Å². The zero-order valence-electron chi connectivity index (χ0n) is 21.7. The van der Waals surface area contributed by atoms with Crippen LogP contribution in [0, 0.1) is 0 Å². The molecule has 3 saturated heterocycles. The number of fused-ring (bicyclic) bond motifs is 3. The lowest BCUT2D eigenvalue weighted by molar-refractivity contribution is -0.275. The quantitative estimate of drug-likeness (QED) is 0.445. The fourth-order valence-corrected chi connectivity index (χ4v) is 4.68. The van der Waals surface area contributed by atoms with Crippen molar-refractivity contribution < 1.29 is 32.6 Å². The normalized spacial score (nSPS) is 19.9. The van der Waals surface area contributed by atoms with E-state index in [0.717, 1.165) is 20.3 Å². The number of carbonyl (C=O) groups is 1. The molecule has 3 aromatic rings. The van der Waals surface area contributed by atoms with Gasteiger partial charge in [0.2, 0.25) is 0 Å². The van der Waals surface area contributed by atoms with E-state index in [0.29, 0.717) is 29.4 Å². The van der Waals surface area contributed by atoms with Crippen LogP contribution >= 0.6 is 11.6 Å². The number of aliphatic hydroxyl groups is 1. The van der Waals surface area contributed by atoms with Crippen molar-refractivity contribution in [2.24, 2.45) is 0 Å². The van der Waals surface area contributed by atoms with E-state index in [1.165, 1.54) is 12.3 Å². The first-order valence-electron chi connectivity index (χ1n) is 12.2. The number of rotatable bonds is 5. The van der Waals surface area contributed by atoms with Gasteiger partial charge in [-0.3, -0.25) is 9.88 Å². The molecule has 0 radical (unpaired) electrons. The van der Waals surface area contributed by atoms with Crippen molar-refractivity contribution in [3.05, 3.63) is 35.5 Å². The number of amides is 1. The van der Waals surface area contributed by atoms with Crippen LogP contribution in [-0.4, -0.2) is 68.6 Å². The average Bonchev–Trinajstić information content (AvgIpc) is 3.24. The summed E-state index contributed by atoms with van der Waals surface area (Å²) in [5, 5.41) is 10.4. The van der Waals surface area contributed by atoms with Gasteiger partial charge in [0.1, 0.15) is 5.60 Å². The highest BCUT2D eigenvalue weighted by molar-refractivity contribution is 6.30. The van der Waals surface area contributed by atoms with E-state index in [1.54, 1.807) is 23.1 Å². The van der Waals surface area contributed by atoms with Crippen LogP contribution in [0.15, 0.2) is 34.9 Å². The van der Waals surface area contributed by atoms with Crippen molar-refractivity contribution in [3.63, 3.8) is 0 Å². The number of hydrogen-bond donors (Lipinski definition) is 1. The maximum Gasteiger partial charge on any atom is 0.426 e. The SMILES string of the molecule is CC(C)(C)OC(=O)N1C2CC1CN(c1nc3c(OC(F)(F)C(C)(C)O)ccc(-c4ccc(Cl)cn4)c3o1)C2. The third-order valence-corrected chi connectivity index (χ3v) is 6.74. The molecule has 3 fully saturated rings. The number of anilines is 1. The van der Waals surface area contributed by atoms with Crippen LogP contribution in [0.2, 0.25) is 5.02 Å². The minimum atomic E-state index is -3.90. The van der Waals surface area contributed by atoms with E-state index in [4.69, 9.17) is 25.5 Å². The molecule has 0 spiro atoms. The number of oxazole rings is 1. The summed E-state index contributed by atoms with van der Waals surface area (Å²) in [4.78, 5) is 25.1. The number of piperazine rings is 1. The highest BCUT2D eigenvalue weighted by Crippen LogP contribution is 2.42. The minimum Gasteiger partial charge on any atom is -0.444 e. The molecule has 1 N–H and O–H groups in total. The molecule has 2 atom stereocenters. The van der Waals surface area contributed by atoms with E-state index < -0.39 is 17.3 Å². The van der Waals surface area contributed by atoms with Crippen molar-refractivity contribution in [2.45, 2.75) is 70.4 Å². The van der Waals surface area contributed by atoms with E-state index in [-0.39, 0.29) is 41.0 Å². The second-order valence-corrected chi connectivity index (χ2v) is 11.6. The number of nitrogens with zero attached hydrogens (tertiary/aromatic N) is 4. The van der Waals surface area contributed by atoms with Crippen molar-refractivity contribution >= 4 is 34.8 Å². The summed E-state index contributed by atoms with van der Waals surface area (Å²) < 4.78 is 45.9. The molecule has 38 heavy (non-hydrogen) atoms. The Balaban J connectivity index is 1.49. The van der Waals surface area contributed by atoms with Gasteiger partial charge in [-0.05, 0) is 65.3 Å². The first-order valence-corrected chi connectivity index (χ1v) is 12.6. The van der Waals surface area contributed by atoms with Gasteiger partial charge in [0.25, 0.3) is 6.01 Å². The minimum absolute atomic E-state index is 0.0569. The largest absolute Gasteiger partial charge is 0.444 e. The van der Waals surface area contributed by atoms with Crippen molar-refractivity contribution in [3.8, 4) is 17.0 Å². The first-order chi connectivity index (χ1) is 17.6. The summed E-state index contributed by atoms with van der Waals surface area (Å²) in [6.45, 7) is 8.25. The van der Waals surface area contributed by atoms with Gasteiger partial charge in [-0.15, -0.1) is 0 Å². The van der Waals surface area contributed by atoms with E-state index >= 15 is 0 Å². The zero-order chi connectivity index (χ0) is 27.6. The van der Waals surface area contributed by atoms with Gasteiger partial charge >= 0.3 is 12.2 Å². The predicted molar refractivity (Wildman–Crippen MR) is 137 cm³/mol. The number of halogens is 3. The molecular formula is C26H29ClF2N4O5. The second kappa shape index (κ2) is 8.94. The monoisotopic (exact) mass is 550 g/mol.